The third kappa shape index (κ3) is 6.38. The molecule has 4 heteroatoms. The van der Waals surface area contributed by atoms with Crippen LogP contribution in [0.4, 0.5) is 5.69 Å². The van der Waals surface area contributed by atoms with Gasteiger partial charge in [0.2, 0.25) is 0 Å². The molecule has 0 fully saturated rings. The van der Waals surface area contributed by atoms with E-state index in [9.17, 15) is 4.79 Å². The normalized spacial score (nSPS) is 13.0. The first-order chi connectivity index (χ1) is 13.5. The molecule has 0 heterocycles. The Morgan fingerprint density at radius 2 is 1.82 bits per heavy atom. The first-order valence-electron chi connectivity index (χ1n) is 10.2. The maximum absolute atomic E-state index is 12.9. The lowest BCUT2D eigenvalue weighted by Gasteiger charge is -2.28. The van der Waals surface area contributed by atoms with Crippen molar-refractivity contribution in [3.63, 3.8) is 0 Å². The fourth-order valence-corrected chi connectivity index (χ4v) is 2.98. The molecule has 0 aliphatic rings. The summed E-state index contributed by atoms with van der Waals surface area (Å²) >= 11 is 0. The van der Waals surface area contributed by atoms with Gasteiger partial charge in [0.05, 0.1) is 0 Å². The van der Waals surface area contributed by atoms with Gasteiger partial charge in [-0.1, -0.05) is 57.0 Å². The molecule has 2 aromatic carbocycles. The highest BCUT2D eigenvalue weighted by atomic mass is 16.5. The summed E-state index contributed by atoms with van der Waals surface area (Å²) in [6.45, 7) is 9.15. The van der Waals surface area contributed by atoms with Gasteiger partial charge in [-0.05, 0) is 56.0 Å². The van der Waals surface area contributed by atoms with Crippen molar-refractivity contribution < 1.29 is 14.3 Å². The van der Waals surface area contributed by atoms with Gasteiger partial charge in [-0.2, -0.15) is 0 Å². The number of nitrogens with one attached hydrogen (secondary N) is 1. The molecule has 1 amide bonds. The Hall–Kier alpha value is -2.33. The predicted octanol–water partition coefficient (Wildman–Crippen LogP) is 5.89. The first kappa shape index (κ1) is 22.0. The number of aryl methyl sites for hydroxylation is 1. The Kier molecular flexibility index (Phi) is 8.52. The van der Waals surface area contributed by atoms with Crippen molar-refractivity contribution in [2.45, 2.75) is 65.6 Å². The summed E-state index contributed by atoms with van der Waals surface area (Å²) in [7, 11) is 0. The van der Waals surface area contributed by atoms with Crippen LogP contribution in [0.15, 0.2) is 48.5 Å². The first-order valence-corrected chi connectivity index (χ1v) is 10.2. The molecule has 0 bridgehead atoms. The molecule has 1 N–H and O–H groups in total. The lowest BCUT2D eigenvalue weighted by molar-refractivity contribution is -0.140. The summed E-state index contributed by atoms with van der Waals surface area (Å²) in [6.07, 6.45) is 3.60. The monoisotopic (exact) mass is 383 g/mol. The smallest absolute Gasteiger partial charge is 0.256 e. The molecule has 152 valence electrons. The maximum atomic E-state index is 12.9. The number of unbranched alkanes of at least 4 members (excludes halogenated alkanes) is 1. The number of benzene rings is 2. The Morgan fingerprint density at radius 3 is 2.46 bits per heavy atom. The van der Waals surface area contributed by atoms with E-state index < -0.39 is 5.60 Å². The molecule has 1 unspecified atom stereocenters. The van der Waals surface area contributed by atoms with Gasteiger partial charge in [0, 0.05) is 12.3 Å². The minimum absolute atomic E-state index is 0.0910. The van der Waals surface area contributed by atoms with Crippen LogP contribution in [0.1, 0.15) is 57.6 Å². The van der Waals surface area contributed by atoms with E-state index in [1.54, 1.807) is 0 Å². The van der Waals surface area contributed by atoms with E-state index in [1.807, 2.05) is 62.4 Å². The highest BCUT2D eigenvalue weighted by Gasteiger charge is 2.33. The van der Waals surface area contributed by atoms with Crippen molar-refractivity contribution in [1.82, 2.24) is 0 Å². The molecule has 2 aromatic rings. The molecule has 0 aliphatic heterocycles. The summed E-state index contributed by atoms with van der Waals surface area (Å²) in [4.78, 5) is 12.9. The molecule has 1 atom stereocenters. The largest absolute Gasteiger partial charge is 0.489 e. The van der Waals surface area contributed by atoms with Gasteiger partial charge in [0.1, 0.15) is 18.0 Å². The third-order valence-corrected chi connectivity index (χ3v) is 4.78. The molecule has 28 heavy (non-hydrogen) atoms. The number of hydrogen-bond donors (Lipinski definition) is 1. The van der Waals surface area contributed by atoms with Gasteiger partial charge < -0.3 is 14.8 Å². The summed E-state index contributed by atoms with van der Waals surface area (Å²) < 4.78 is 11.8. The number of amides is 1. The van der Waals surface area contributed by atoms with Crippen LogP contribution in [-0.2, 0) is 16.1 Å². The average molecular weight is 384 g/mol. The SMILES string of the molecule is CCCCC(C)(OCCC)C(=O)Nc1ccc(OCc2ccccc2)c(C)c1. The van der Waals surface area contributed by atoms with Crippen molar-refractivity contribution in [1.29, 1.82) is 0 Å². The average Bonchev–Trinajstić information content (AvgIpc) is 2.71. The molecule has 0 aliphatic carbocycles. The lowest BCUT2D eigenvalue weighted by atomic mass is 9.97. The van der Waals surface area contributed by atoms with Crippen molar-refractivity contribution in [3.05, 3.63) is 59.7 Å². The summed E-state index contributed by atoms with van der Waals surface area (Å²) in [6, 6.07) is 15.8. The van der Waals surface area contributed by atoms with Gasteiger partial charge >= 0.3 is 0 Å². The Labute approximate surface area is 169 Å². The third-order valence-electron chi connectivity index (χ3n) is 4.78. The van der Waals surface area contributed by atoms with Gasteiger partial charge in [-0.15, -0.1) is 0 Å². The molecular formula is C24H33NO3. The molecule has 0 radical (unpaired) electrons. The van der Waals surface area contributed by atoms with Crippen LogP contribution < -0.4 is 10.1 Å². The lowest BCUT2D eigenvalue weighted by Crippen LogP contribution is -2.43. The standard InChI is InChI=1S/C24H33NO3/c1-5-7-15-24(4,28-16-6-2)23(26)25-21-13-14-22(19(3)17-21)27-18-20-11-9-8-10-12-20/h8-14,17H,5-7,15-16,18H2,1-4H3,(H,25,26). The second kappa shape index (κ2) is 10.9. The van der Waals surface area contributed by atoms with Crippen molar-refractivity contribution in [2.75, 3.05) is 11.9 Å². The van der Waals surface area contributed by atoms with Gasteiger partial charge in [0.25, 0.3) is 5.91 Å². The van der Waals surface area contributed by atoms with Gasteiger partial charge in [-0.3, -0.25) is 4.79 Å². The maximum Gasteiger partial charge on any atom is 0.256 e. The van der Waals surface area contributed by atoms with Gasteiger partial charge in [0.15, 0.2) is 0 Å². The van der Waals surface area contributed by atoms with E-state index in [2.05, 4.69) is 19.2 Å². The van der Waals surface area contributed by atoms with E-state index >= 15 is 0 Å². The predicted molar refractivity (Wildman–Crippen MR) is 115 cm³/mol. The van der Waals surface area contributed by atoms with Crippen molar-refractivity contribution in [3.8, 4) is 5.75 Å². The van der Waals surface area contributed by atoms with E-state index in [4.69, 9.17) is 9.47 Å². The topological polar surface area (TPSA) is 47.6 Å². The van der Waals surface area contributed by atoms with E-state index in [1.165, 1.54) is 0 Å². The molecule has 4 nitrogen and oxygen atoms in total. The van der Waals surface area contributed by atoms with Crippen LogP contribution >= 0.6 is 0 Å². The van der Waals surface area contributed by atoms with Crippen LogP contribution in [0.5, 0.6) is 5.75 Å². The molecule has 2 rings (SSSR count). The molecule has 0 aromatic heterocycles. The molecule has 0 saturated carbocycles. The summed E-state index contributed by atoms with van der Waals surface area (Å²) in [5.74, 6) is 0.726. The second-order valence-corrected chi connectivity index (χ2v) is 7.39. The number of hydrogen-bond acceptors (Lipinski definition) is 3. The van der Waals surface area contributed by atoms with Crippen LogP contribution in [0.3, 0.4) is 0 Å². The number of rotatable bonds is 11. The molecule has 0 spiro atoms. The highest BCUT2D eigenvalue weighted by molar-refractivity contribution is 5.97. The number of ether oxygens (including phenoxy) is 2. The van der Waals surface area contributed by atoms with E-state index in [0.717, 1.165) is 41.8 Å². The fourth-order valence-electron chi connectivity index (χ4n) is 2.98. The van der Waals surface area contributed by atoms with Crippen LogP contribution in [0, 0.1) is 6.92 Å². The van der Waals surface area contributed by atoms with Crippen molar-refractivity contribution >= 4 is 11.6 Å². The Bertz CT molecular complexity index is 735. The molecular weight excluding hydrogens is 350 g/mol. The highest BCUT2D eigenvalue weighted by Crippen LogP contribution is 2.26. The Balaban J connectivity index is 2.02. The summed E-state index contributed by atoms with van der Waals surface area (Å²) in [5, 5.41) is 3.02. The zero-order valence-electron chi connectivity index (χ0n) is 17.6. The van der Waals surface area contributed by atoms with Crippen LogP contribution in [-0.4, -0.2) is 18.1 Å². The van der Waals surface area contributed by atoms with E-state index in [0.29, 0.717) is 19.6 Å². The van der Waals surface area contributed by atoms with Crippen LogP contribution in [0.2, 0.25) is 0 Å². The minimum atomic E-state index is -0.803. The minimum Gasteiger partial charge on any atom is -0.489 e. The zero-order chi connectivity index (χ0) is 20.4. The number of carbonyl (C=O) groups excluding carboxylic acids is 1. The summed E-state index contributed by atoms with van der Waals surface area (Å²) in [5.41, 5.74) is 2.07. The van der Waals surface area contributed by atoms with Crippen molar-refractivity contribution in [2.24, 2.45) is 0 Å². The number of carbonyl (C=O) groups is 1. The quantitative estimate of drug-likeness (QED) is 0.526. The van der Waals surface area contributed by atoms with E-state index in [-0.39, 0.29) is 5.91 Å². The second-order valence-electron chi connectivity index (χ2n) is 7.39. The number of anilines is 1. The zero-order valence-corrected chi connectivity index (χ0v) is 17.6. The Morgan fingerprint density at radius 1 is 1.07 bits per heavy atom. The van der Waals surface area contributed by atoms with Crippen LogP contribution in [0.25, 0.3) is 0 Å². The van der Waals surface area contributed by atoms with Gasteiger partial charge in [-0.25, -0.2) is 0 Å². The molecule has 0 saturated heterocycles. The fraction of sp³-hybridized carbons (Fsp3) is 0.458.